The monoisotopic (exact) mass is 254 g/mol. The molecule has 1 amide bonds. The van der Waals surface area contributed by atoms with Gasteiger partial charge in [-0.15, -0.1) is 0 Å². The van der Waals surface area contributed by atoms with Crippen LogP contribution in [-0.4, -0.2) is 11.4 Å². The van der Waals surface area contributed by atoms with E-state index in [9.17, 15) is 13.6 Å². The van der Waals surface area contributed by atoms with E-state index in [0.29, 0.717) is 5.56 Å². The highest BCUT2D eigenvalue weighted by Crippen LogP contribution is 2.31. The summed E-state index contributed by atoms with van der Waals surface area (Å²) < 4.78 is 25.6. The largest absolute Gasteiger partial charge is 0.352 e. The van der Waals surface area contributed by atoms with Crippen LogP contribution in [0.25, 0.3) is 0 Å². The molecule has 5 heteroatoms. The number of hydrogen-bond donors (Lipinski definition) is 2. The Kier molecular flexibility index (Phi) is 3.61. The van der Waals surface area contributed by atoms with Gasteiger partial charge in [0, 0.05) is 18.5 Å². The fraction of sp³-hybridized carbons (Fsp3) is 0.462. The zero-order chi connectivity index (χ0) is 13.2. The molecular weight excluding hydrogens is 238 g/mol. The van der Waals surface area contributed by atoms with Gasteiger partial charge >= 0.3 is 0 Å². The van der Waals surface area contributed by atoms with Gasteiger partial charge in [0.05, 0.1) is 0 Å². The predicted octanol–water partition coefficient (Wildman–Crippen LogP) is 1.85. The standard InChI is InChI=1S/C13H16F2N2O/c14-10-3-2-9(6-11(10)15)8-17-12(18)7-13(16)4-1-5-13/h2-3,6H,1,4-5,7-8,16H2,(H,17,18). The molecule has 0 heterocycles. The summed E-state index contributed by atoms with van der Waals surface area (Å²) in [5, 5.41) is 2.66. The van der Waals surface area contributed by atoms with E-state index in [1.165, 1.54) is 6.07 Å². The van der Waals surface area contributed by atoms with E-state index in [1.54, 1.807) is 0 Å². The van der Waals surface area contributed by atoms with Gasteiger partial charge < -0.3 is 11.1 Å². The molecule has 0 bridgehead atoms. The number of carbonyl (C=O) groups excluding carboxylic acids is 1. The van der Waals surface area contributed by atoms with Crippen molar-refractivity contribution in [1.29, 1.82) is 0 Å². The molecule has 1 aliphatic carbocycles. The maximum atomic E-state index is 12.9. The Hall–Kier alpha value is -1.49. The van der Waals surface area contributed by atoms with E-state index in [1.807, 2.05) is 0 Å². The Morgan fingerprint density at radius 2 is 2.06 bits per heavy atom. The number of hydrogen-bond acceptors (Lipinski definition) is 2. The minimum absolute atomic E-state index is 0.151. The Morgan fingerprint density at radius 3 is 2.61 bits per heavy atom. The van der Waals surface area contributed by atoms with E-state index in [4.69, 9.17) is 5.73 Å². The van der Waals surface area contributed by atoms with Crippen molar-refractivity contribution in [3.8, 4) is 0 Å². The van der Waals surface area contributed by atoms with Crippen LogP contribution in [0, 0.1) is 11.6 Å². The second-order valence-corrected chi connectivity index (χ2v) is 4.92. The molecule has 3 N–H and O–H groups in total. The first-order chi connectivity index (χ1) is 8.48. The van der Waals surface area contributed by atoms with Crippen LogP contribution in [0.15, 0.2) is 18.2 Å². The van der Waals surface area contributed by atoms with Crippen LogP contribution in [0.3, 0.4) is 0 Å². The Morgan fingerprint density at radius 1 is 1.33 bits per heavy atom. The summed E-state index contributed by atoms with van der Waals surface area (Å²) in [5.74, 6) is -1.95. The molecule has 1 aromatic carbocycles. The van der Waals surface area contributed by atoms with Crippen molar-refractivity contribution in [3.05, 3.63) is 35.4 Å². The van der Waals surface area contributed by atoms with E-state index in [2.05, 4.69) is 5.32 Å². The highest BCUT2D eigenvalue weighted by molar-refractivity contribution is 5.77. The van der Waals surface area contributed by atoms with Crippen LogP contribution in [-0.2, 0) is 11.3 Å². The molecule has 0 saturated heterocycles. The molecule has 1 aromatic rings. The molecule has 0 atom stereocenters. The van der Waals surface area contributed by atoms with Crippen molar-refractivity contribution in [2.45, 2.75) is 37.8 Å². The quantitative estimate of drug-likeness (QED) is 0.861. The molecule has 0 radical (unpaired) electrons. The van der Waals surface area contributed by atoms with Crippen molar-refractivity contribution < 1.29 is 13.6 Å². The molecule has 1 saturated carbocycles. The zero-order valence-electron chi connectivity index (χ0n) is 10.0. The van der Waals surface area contributed by atoms with E-state index < -0.39 is 11.6 Å². The second kappa shape index (κ2) is 5.02. The van der Waals surface area contributed by atoms with Crippen LogP contribution in [0.1, 0.15) is 31.2 Å². The van der Waals surface area contributed by atoms with Gasteiger partial charge in [-0.3, -0.25) is 4.79 Å². The summed E-state index contributed by atoms with van der Waals surface area (Å²) in [6.45, 7) is 0.187. The highest BCUT2D eigenvalue weighted by atomic mass is 19.2. The fourth-order valence-electron chi connectivity index (χ4n) is 2.04. The number of halogens is 2. The third-order valence-electron chi connectivity index (χ3n) is 3.34. The summed E-state index contributed by atoms with van der Waals surface area (Å²) in [6, 6.07) is 3.57. The number of rotatable bonds is 4. The predicted molar refractivity (Wildman–Crippen MR) is 63.6 cm³/mol. The molecule has 1 aliphatic rings. The third kappa shape index (κ3) is 3.04. The van der Waals surface area contributed by atoms with Crippen LogP contribution in [0.2, 0.25) is 0 Å². The van der Waals surface area contributed by atoms with Gasteiger partial charge in [-0.2, -0.15) is 0 Å². The van der Waals surface area contributed by atoms with Crippen LogP contribution >= 0.6 is 0 Å². The van der Waals surface area contributed by atoms with Gasteiger partial charge in [0.2, 0.25) is 5.91 Å². The summed E-state index contributed by atoms with van der Waals surface area (Å²) in [7, 11) is 0. The van der Waals surface area contributed by atoms with Crippen molar-refractivity contribution in [3.63, 3.8) is 0 Å². The first-order valence-corrected chi connectivity index (χ1v) is 5.98. The Bertz CT molecular complexity index is 458. The van der Waals surface area contributed by atoms with Gasteiger partial charge in [0.25, 0.3) is 0 Å². The number of amides is 1. The minimum atomic E-state index is -0.906. The lowest BCUT2D eigenvalue weighted by atomic mass is 9.75. The van der Waals surface area contributed by atoms with Crippen LogP contribution in [0.4, 0.5) is 8.78 Å². The van der Waals surface area contributed by atoms with Crippen molar-refractivity contribution >= 4 is 5.91 Å². The van der Waals surface area contributed by atoms with Gasteiger partial charge in [-0.05, 0) is 37.0 Å². The molecular formula is C13H16F2N2O. The first kappa shape index (κ1) is 13.0. The van der Waals surface area contributed by atoms with Gasteiger partial charge in [-0.25, -0.2) is 8.78 Å². The molecule has 98 valence electrons. The Balaban J connectivity index is 1.83. The highest BCUT2D eigenvalue weighted by Gasteiger charge is 2.34. The average Bonchev–Trinajstić information content (AvgIpc) is 2.29. The lowest BCUT2D eigenvalue weighted by Gasteiger charge is -2.37. The van der Waals surface area contributed by atoms with Gasteiger partial charge in [-0.1, -0.05) is 6.07 Å². The maximum absolute atomic E-state index is 12.9. The molecule has 0 unspecified atom stereocenters. The lowest BCUT2D eigenvalue weighted by Crippen LogP contribution is -2.49. The summed E-state index contributed by atoms with van der Waals surface area (Å²) in [4.78, 5) is 11.6. The molecule has 3 nitrogen and oxygen atoms in total. The van der Waals surface area contributed by atoms with Crippen LogP contribution in [0.5, 0.6) is 0 Å². The average molecular weight is 254 g/mol. The summed E-state index contributed by atoms with van der Waals surface area (Å²) in [6.07, 6.45) is 3.08. The van der Waals surface area contributed by atoms with Gasteiger partial charge in [0.1, 0.15) is 0 Å². The SMILES string of the molecule is NC1(CC(=O)NCc2ccc(F)c(F)c2)CCC1. The molecule has 18 heavy (non-hydrogen) atoms. The molecule has 0 spiro atoms. The van der Waals surface area contributed by atoms with Crippen LogP contribution < -0.4 is 11.1 Å². The first-order valence-electron chi connectivity index (χ1n) is 5.98. The zero-order valence-corrected chi connectivity index (χ0v) is 10.0. The fourth-order valence-corrected chi connectivity index (χ4v) is 2.04. The third-order valence-corrected chi connectivity index (χ3v) is 3.34. The van der Waals surface area contributed by atoms with Crippen molar-refractivity contribution in [2.24, 2.45) is 5.73 Å². The van der Waals surface area contributed by atoms with Crippen molar-refractivity contribution in [2.75, 3.05) is 0 Å². The van der Waals surface area contributed by atoms with E-state index >= 15 is 0 Å². The molecule has 2 rings (SSSR count). The number of nitrogens with one attached hydrogen (secondary N) is 1. The smallest absolute Gasteiger partial charge is 0.222 e. The Labute approximate surface area is 104 Å². The molecule has 0 aliphatic heterocycles. The number of nitrogens with two attached hydrogens (primary N) is 1. The number of benzene rings is 1. The van der Waals surface area contributed by atoms with Crippen molar-refractivity contribution in [1.82, 2.24) is 5.32 Å². The molecule has 0 aromatic heterocycles. The summed E-state index contributed by atoms with van der Waals surface area (Å²) >= 11 is 0. The normalized spacial score (nSPS) is 17.1. The number of carbonyl (C=O) groups is 1. The van der Waals surface area contributed by atoms with Gasteiger partial charge in [0.15, 0.2) is 11.6 Å². The second-order valence-electron chi connectivity index (χ2n) is 4.92. The maximum Gasteiger partial charge on any atom is 0.222 e. The lowest BCUT2D eigenvalue weighted by molar-refractivity contribution is -0.123. The topological polar surface area (TPSA) is 55.1 Å². The van der Waals surface area contributed by atoms with E-state index in [-0.39, 0.29) is 24.4 Å². The molecule has 1 fully saturated rings. The van der Waals surface area contributed by atoms with E-state index in [0.717, 1.165) is 31.4 Å². The summed E-state index contributed by atoms with van der Waals surface area (Å²) in [5.41, 5.74) is 6.11. The minimum Gasteiger partial charge on any atom is -0.352 e.